The van der Waals surface area contributed by atoms with Crippen LogP contribution in [0.4, 0.5) is 10.8 Å². The molecule has 0 saturated carbocycles. The van der Waals surface area contributed by atoms with Crippen LogP contribution >= 0.6 is 11.3 Å². The topological polar surface area (TPSA) is 37.8 Å². The summed E-state index contributed by atoms with van der Waals surface area (Å²) in [7, 11) is 0. The largest absolute Gasteiger partial charge is 0.330 e. The third-order valence-corrected chi connectivity index (χ3v) is 4.12. The molecule has 0 bridgehead atoms. The Hall–Kier alpha value is -2.46. The van der Waals surface area contributed by atoms with E-state index in [0.717, 1.165) is 27.2 Å². The number of pyridine rings is 1. The zero-order chi connectivity index (χ0) is 13.4. The first-order valence-corrected chi connectivity index (χ1v) is 7.18. The maximum absolute atomic E-state index is 4.59. The second-order valence-electron chi connectivity index (χ2n) is 4.49. The van der Waals surface area contributed by atoms with Crippen LogP contribution in [-0.4, -0.2) is 9.97 Å². The summed E-state index contributed by atoms with van der Waals surface area (Å²) in [6, 6.07) is 18.3. The highest BCUT2D eigenvalue weighted by Crippen LogP contribution is 2.30. The van der Waals surface area contributed by atoms with Crippen LogP contribution in [-0.2, 0) is 0 Å². The van der Waals surface area contributed by atoms with Crippen molar-refractivity contribution in [3.8, 4) is 0 Å². The van der Waals surface area contributed by atoms with Crippen LogP contribution in [0.3, 0.4) is 0 Å². The Balaban J connectivity index is 1.80. The maximum atomic E-state index is 4.59. The van der Waals surface area contributed by atoms with Crippen molar-refractivity contribution < 1.29 is 0 Å². The lowest BCUT2D eigenvalue weighted by molar-refractivity contribution is 1.39. The molecule has 2 heterocycles. The van der Waals surface area contributed by atoms with Crippen molar-refractivity contribution in [2.45, 2.75) is 0 Å². The van der Waals surface area contributed by atoms with Gasteiger partial charge in [-0.1, -0.05) is 41.7 Å². The number of hydrogen-bond donors (Lipinski definition) is 1. The van der Waals surface area contributed by atoms with Crippen molar-refractivity contribution in [3.05, 3.63) is 60.8 Å². The molecule has 0 unspecified atom stereocenters. The molecule has 0 amide bonds. The van der Waals surface area contributed by atoms with Gasteiger partial charge in [0.15, 0.2) is 5.13 Å². The molecule has 0 saturated heterocycles. The van der Waals surface area contributed by atoms with Gasteiger partial charge in [-0.15, -0.1) is 0 Å². The second-order valence-corrected chi connectivity index (χ2v) is 5.52. The normalized spacial score (nSPS) is 11.0. The van der Waals surface area contributed by atoms with Crippen molar-refractivity contribution in [2.75, 3.05) is 5.32 Å². The van der Waals surface area contributed by atoms with Crippen LogP contribution in [0, 0.1) is 0 Å². The molecule has 0 aliphatic heterocycles. The predicted molar refractivity (Wildman–Crippen MR) is 84.6 cm³/mol. The Morgan fingerprint density at radius 2 is 1.80 bits per heavy atom. The molecule has 0 aliphatic carbocycles. The molecule has 4 aromatic rings. The first-order valence-electron chi connectivity index (χ1n) is 6.36. The van der Waals surface area contributed by atoms with Gasteiger partial charge in [0.25, 0.3) is 0 Å². The van der Waals surface area contributed by atoms with Crippen molar-refractivity contribution in [3.63, 3.8) is 0 Å². The summed E-state index contributed by atoms with van der Waals surface area (Å²) in [4.78, 5) is 9.04. The lowest BCUT2D eigenvalue weighted by atomic mass is 10.2. The van der Waals surface area contributed by atoms with Gasteiger partial charge in [-0.05, 0) is 24.3 Å². The van der Waals surface area contributed by atoms with E-state index in [1.807, 2.05) is 42.6 Å². The molecule has 4 heteroatoms. The Labute approximate surface area is 119 Å². The minimum Gasteiger partial charge on any atom is -0.330 e. The van der Waals surface area contributed by atoms with E-state index in [4.69, 9.17) is 0 Å². The fourth-order valence-electron chi connectivity index (χ4n) is 2.25. The highest BCUT2D eigenvalue weighted by atomic mass is 32.1. The number of anilines is 2. The van der Waals surface area contributed by atoms with Crippen LogP contribution < -0.4 is 5.32 Å². The number of nitrogens with one attached hydrogen (secondary N) is 1. The van der Waals surface area contributed by atoms with Crippen LogP contribution in [0.5, 0.6) is 0 Å². The van der Waals surface area contributed by atoms with Gasteiger partial charge in [-0.2, -0.15) is 0 Å². The molecule has 0 aliphatic rings. The highest BCUT2D eigenvalue weighted by Gasteiger charge is 2.06. The molecule has 96 valence electrons. The molecule has 0 spiro atoms. The van der Waals surface area contributed by atoms with E-state index in [-0.39, 0.29) is 0 Å². The SMILES string of the molecule is c1cnc2c(Nc3nc4ccccc4s3)cccc2c1. The number of para-hydroxylation sites is 2. The lowest BCUT2D eigenvalue weighted by Crippen LogP contribution is -1.91. The van der Waals surface area contributed by atoms with Gasteiger partial charge in [0.1, 0.15) is 0 Å². The minimum absolute atomic E-state index is 0.893. The first kappa shape index (κ1) is 11.4. The molecule has 0 fully saturated rings. The average molecular weight is 277 g/mol. The van der Waals surface area contributed by atoms with Gasteiger partial charge in [0.05, 0.1) is 21.4 Å². The molecule has 1 N–H and O–H groups in total. The number of thiazole rings is 1. The molecule has 2 aromatic heterocycles. The van der Waals surface area contributed by atoms with Crippen LogP contribution in [0.15, 0.2) is 60.8 Å². The summed E-state index contributed by atoms with van der Waals surface area (Å²) in [6.07, 6.45) is 1.81. The minimum atomic E-state index is 0.893. The maximum Gasteiger partial charge on any atom is 0.188 e. The number of rotatable bonds is 2. The predicted octanol–water partition coefficient (Wildman–Crippen LogP) is 4.59. The van der Waals surface area contributed by atoms with E-state index in [1.165, 1.54) is 4.70 Å². The van der Waals surface area contributed by atoms with Crippen molar-refractivity contribution >= 4 is 43.3 Å². The molecule has 0 radical (unpaired) electrons. The van der Waals surface area contributed by atoms with Crippen molar-refractivity contribution in [1.29, 1.82) is 0 Å². The zero-order valence-corrected chi connectivity index (χ0v) is 11.4. The van der Waals surface area contributed by atoms with E-state index in [9.17, 15) is 0 Å². The van der Waals surface area contributed by atoms with E-state index < -0.39 is 0 Å². The lowest BCUT2D eigenvalue weighted by Gasteiger charge is -2.05. The molecule has 4 rings (SSSR count). The number of benzene rings is 2. The highest BCUT2D eigenvalue weighted by molar-refractivity contribution is 7.22. The summed E-state index contributed by atoms with van der Waals surface area (Å²) in [6.45, 7) is 0. The number of aromatic nitrogens is 2. The molecule has 0 atom stereocenters. The summed E-state index contributed by atoms with van der Waals surface area (Å²) in [5, 5.41) is 5.40. The summed E-state index contributed by atoms with van der Waals surface area (Å²) < 4.78 is 1.18. The monoisotopic (exact) mass is 277 g/mol. The van der Waals surface area contributed by atoms with E-state index >= 15 is 0 Å². The summed E-state index contributed by atoms with van der Waals surface area (Å²) in [5.74, 6) is 0. The van der Waals surface area contributed by atoms with Gasteiger partial charge in [-0.3, -0.25) is 4.98 Å². The Morgan fingerprint density at radius 3 is 2.75 bits per heavy atom. The third kappa shape index (κ3) is 1.90. The number of fused-ring (bicyclic) bond motifs is 2. The van der Waals surface area contributed by atoms with Gasteiger partial charge in [0, 0.05) is 11.6 Å². The van der Waals surface area contributed by atoms with E-state index in [1.54, 1.807) is 11.3 Å². The van der Waals surface area contributed by atoms with Crippen LogP contribution in [0.2, 0.25) is 0 Å². The van der Waals surface area contributed by atoms with E-state index in [2.05, 4.69) is 33.5 Å². The van der Waals surface area contributed by atoms with Gasteiger partial charge in [0.2, 0.25) is 0 Å². The van der Waals surface area contributed by atoms with E-state index in [0.29, 0.717) is 0 Å². The number of nitrogens with zero attached hydrogens (tertiary/aromatic N) is 2. The summed E-state index contributed by atoms with van der Waals surface area (Å²) in [5.41, 5.74) is 2.98. The number of hydrogen-bond acceptors (Lipinski definition) is 4. The average Bonchev–Trinajstić information content (AvgIpc) is 2.90. The van der Waals surface area contributed by atoms with Crippen molar-refractivity contribution in [2.24, 2.45) is 0 Å². The Kier molecular flexibility index (Phi) is 2.60. The zero-order valence-electron chi connectivity index (χ0n) is 10.6. The van der Waals surface area contributed by atoms with Crippen molar-refractivity contribution in [1.82, 2.24) is 9.97 Å². The Bertz CT molecular complexity index is 860. The molecule has 20 heavy (non-hydrogen) atoms. The molecule has 3 nitrogen and oxygen atoms in total. The molecule has 2 aromatic carbocycles. The fourth-order valence-corrected chi connectivity index (χ4v) is 3.12. The molecular weight excluding hydrogens is 266 g/mol. The molecular formula is C16H11N3S. The third-order valence-electron chi connectivity index (χ3n) is 3.17. The van der Waals surface area contributed by atoms with Crippen LogP contribution in [0.25, 0.3) is 21.1 Å². The summed E-state index contributed by atoms with van der Waals surface area (Å²) >= 11 is 1.65. The second kappa shape index (κ2) is 4.58. The fraction of sp³-hybridized carbons (Fsp3) is 0. The quantitative estimate of drug-likeness (QED) is 0.582. The van der Waals surface area contributed by atoms with Gasteiger partial charge >= 0.3 is 0 Å². The Morgan fingerprint density at radius 1 is 0.900 bits per heavy atom. The standard InChI is InChI=1S/C16H11N3S/c1-2-9-14-12(7-1)18-16(20-14)19-13-8-3-5-11-6-4-10-17-15(11)13/h1-10H,(H,18,19). The van der Waals surface area contributed by atoms with Gasteiger partial charge < -0.3 is 5.32 Å². The smallest absolute Gasteiger partial charge is 0.188 e. The van der Waals surface area contributed by atoms with Gasteiger partial charge in [-0.25, -0.2) is 4.98 Å². The van der Waals surface area contributed by atoms with Crippen LogP contribution in [0.1, 0.15) is 0 Å². The first-order chi connectivity index (χ1) is 9.90.